The highest BCUT2D eigenvalue weighted by Gasteiger charge is 2.34. The normalized spacial score (nSPS) is 32.5. The van der Waals surface area contributed by atoms with Crippen LogP contribution in [0.5, 0.6) is 0 Å². The molecule has 21 heavy (non-hydrogen) atoms. The van der Waals surface area contributed by atoms with E-state index in [-0.39, 0.29) is 12.0 Å². The summed E-state index contributed by atoms with van der Waals surface area (Å²) < 4.78 is 5.40. The van der Waals surface area contributed by atoms with Gasteiger partial charge in [-0.3, -0.25) is 9.69 Å². The summed E-state index contributed by atoms with van der Waals surface area (Å²) in [5.74, 6) is 1.16. The second kappa shape index (κ2) is 7.07. The van der Waals surface area contributed by atoms with Gasteiger partial charge in [0, 0.05) is 38.8 Å². The summed E-state index contributed by atoms with van der Waals surface area (Å²) in [6.07, 6.45) is 5.42. The van der Waals surface area contributed by atoms with Crippen molar-refractivity contribution >= 4 is 5.91 Å². The summed E-state index contributed by atoms with van der Waals surface area (Å²) in [5.41, 5.74) is 6.07. The number of amides is 1. The first-order valence-electron chi connectivity index (χ1n) is 8.58. The van der Waals surface area contributed by atoms with Crippen LogP contribution in [0.2, 0.25) is 0 Å². The molecule has 0 radical (unpaired) electrons. The molecule has 1 amide bonds. The smallest absolute Gasteiger partial charge is 0.227 e. The van der Waals surface area contributed by atoms with Crippen LogP contribution in [0.1, 0.15) is 32.1 Å². The Morgan fingerprint density at radius 1 is 1.05 bits per heavy atom. The molecule has 0 spiro atoms. The van der Waals surface area contributed by atoms with Crippen LogP contribution in [0, 0.1) is 11.8 Å². The van der Waals surface area contributed by atoms with E-state index in [9.17, 15) is 4.79 Å². The van der Waals surface area contributed by atoms with Crippen LogP contribution in [-0.2, 0) is 9.53 Å². The number of hydrogen-bond donors (Lipinski definition) is 1. The highest BCUT2D eigenvalue weighted by Crippen LogP contribution is 2.28. The third kappa shape index (κ3) is 3.76. The SMILES string of the molecule is NC1CCCC1C(=O)N1CCC(CN2CCOCC2)CC1. The van der Waals surface area contributed by atoms with Crippen molar-refractivity contribution in [2.24, 2.45) is 17.6 Å². The Kier molecular flexibility index (Phi) is 5.14. The van der Waals surface area contributed by atoms with Gasteiger partial charge in [-0.1, -0.05) is 6.42 Å². The van der Waals surface area contributed by atoms with Gasteiger partial charge in [0.15, 0.2) is 0 Å². The number of nitrogens with two attached hydrogens (primary N) is 1. The van der Waals surface area contributed by atoms with Crippen LogP contribution >= 0.6 is 0 Å². The minimum atomic E-state index is 0.0980. The van der Waals surface area contributed by atoms with Gasteiger partial charge in [-0.15, -0.1) is 0 Å². The zero-order valence-corrected chi connectivity index (χ0v) is 13.0. The van der Waals surface area contributed by atoms with Crippen molar-refractivity contribution in [2.45, 2.75) is 38.1 Å². The molecule has 3 aliphatic rings. The molecule has 1 saturated carbocycles. The average molecular weight is 295 g/mol. The number of ether oxygens (including phenoxy) is 1. The summed E-state index contributed by atoms with van der Waals surface area (Å²) in [4.78, 5) is 17.1. The third-order valence-electron chi connectivity index (χ3n) is 5.43. The van der Waals surface area contributed by atoms with Crippen molar-refractivity contribution in [3.8, 4) is 0 Å². The van der Waals surface area contributed by atoms with Gasteiger partial charge in [-0.05, 0) is 31.6 Å². The van der Waals surface area contributed by atoms with Crippen molar-refractivity contribution in [2.75, 3.05) is 45.9 Å². The number of piperidine rings is 1. The molecular formula is C16H29N3O2. The predicted octanol–water partition coefficient (Wildman–Crippen LogP) is 0.685. The Bertz CT molecular complexity index is 349. The molecule has 0 aromatic rings. The zero-order valence-electron chi connectivity index (χ0n) is 13.0. The van der Waals surface area contributed by atoms with Gasteiger partial charge in [-0.2, -0.15) is 0 Å². The van der Waals surface area contributed by atoms with Gasteiger partial charge in [0.2, 0.25) is 5.91 Å². The molecule has 3 rings (SSSR count). The highest BCUT2D eigenvalue weighted by atomic mass is 16.5. The first-order chi connectivity index (χ1) is 10.2. The van der Waals surface area contributed by atoms with Crippen LogP contribution in [0.4, 0.5) is 0 Å². The average Bonchev–Trinajstić information content (AvgIpc) is 2.94. The molecule has 5 heteroatoms. The molecule has 2 N–H and O–H groups in total. The Hall–Kier alpha value is -0.650. The molecule has 120 valence electrons. The molecule has 0 bridgehead atoms. The fourth-order valence-corrected chi connectivity index (χ4v) is 4.01. The molecule has 1 aliphatic carbocycles. The molecule has 2 atom stereocenters. The van der Waals surface area contributed by atoms with E-state index >= 15 is 0 Å². The molecule has 5 nitrogen and oxygen atoms in total. The van der Waals surface area contributed by atoms with Crippen LogP contribution in [0.25, 0.3) is 0 Å². The van der Waals surface area contributed by atoms with Crippen molar-refractivity contribution in [1.29, 1.82) is 0 Å². The van der Waals surface area contributed by atoms with Gasteiger partial charge in [-0.25, -0.2) is 0 Å². The maximum atomic E-state index is 12.5. The van der Waals surface area contributed by atoms with E-state index in [0.717, 1.165) is 77.4 Å². The monoisotopic (exact) mass is 295 g/mol. The summed E-state index contributed by atoms with van der Waals surface area (Å²) >= 11 is 0. The first kappa shape index (κ1) is 15.3. The quantitative estimate of drug-likeness (QED) is 0.832. The first-order valence-corrected chi connectivity index (χ1v) is 8.58. The number of carbonyl (C=O) groups is 1. The van der Waals surface area contributed by atoms with Crippen LogP contribution < -0.4 is 5.73 Å². The lowest BCUT2D eigenvalue weighted by Gasteiger charge is -2.37. The minimum Gasteiger partial charge on any atom is -0.379 e. The molecule has 2 heterocycles. The van der Waals surface area contributed by atoms with E-state index in [1.54, 1.807) is 0 Å². The lowest BCUT2D eigenvalue weighted by Crippen LogP contribution is -2.47. The molecule has 2 unspecified atom stereocenters. The number of nitrogens with zero attached hydrogens (tertiary/aromatic N) is 2. The van der Waals surface area contributed by atoms with E-state index in [1.165, 1.54) is 6.54 Å². The highest BCUT2D eigenvalue weighted by molar-refractivity contribution is 5.80. The van der Waals surface area contributed by atoms with Gasteiger partial charge >= 0.3 is 0 Å². The largest absolute Gasteiger partial charge is 0.379 e. The number of carbonyl (C=O) groups excluding carboxylic acids is 1. The molecule has 3 fully saturated rings. The van der Waals surface area contributed by atoms with Crippen LogP contribution in [-0.4, -0.2) is 67.7 Å². The van der Waals surface area contributed by atoms with Crippen molar-refractivity contribution < 1.29 is 9.53 Å². The van der Waals surface area contributed by atoms with Crippen LogP contribution in [0.3, 0.4) is 0 Å². The Morgan fingerprint density at radius 3 is 2.38 bits per heavy atom. The Labute approximate surface area is 127 Å². The van der Waals surface area contributed by atoms with Crippen LogP contribution in [0.15, 0.2) is 0 Å². The number of morpholine rings is 1. The molecule has 2 saturated heterocycles. The van der Waals surface area contributed by atoms with E-state index in [2.05, 4.69) is 9.80 Å². The third-order valence-corrected chi connectivity index (χ3v) is 5.43. The standard InChI is InChI=1S/C16H29N3O2/c17-15-3-1-2-14(15)16(20)19-6-4-13(5-7-19)12-18-8-10-21-11-9-18/h13-15H,1-12,17H2. The Balaban J connectivity index is 1.43. The fourth-order valence-electron chi connectivity index (χ4n) is 4.01. The molecule has 0 aromatic carbocycles. The van der Waals surface area contributed by atoms with Crippen molar-refractivity contribution in [3.63, 3.8) is 0 Å². The predicted molar refractivity (Wildman–Crippen MR) is 81.9 cm³/mol. The molecule has 2 aliphatic heterocycles. The summed E-state index contributed by atoms with van der Waals surface area (Å²) in [6, 6.07) is 0.101. The second-order valence-corrected chi connectivity index (χ2v) is 6.88. The lowest BCUT2D eigenvalue weighted by molar-refractivity contribution is -0.137. The minimum absolute atomic E-state index is 0.0980. The molecular weight excluding hydrogens is 266 g/mol. The summed E-state index contributed by atoms with van der Waals surface area (Å²) in [6.45, 7) is 6.91. The maximum Gasteiger partial charge on any atom is 0.227 e. The second-order valence-electron chi connectivity index (χ2n) is 6.88. The van der Waals surface area contributed by atoms with Gasteiger partial charge in [0.05, 0.1) is 19.1 Å². The van der Waals surface area contributed by atoms with E-state index in [0.29, 0.717) is 5.91 Å². The summed E-state index contributed by atoms with van der Waals surface area (Å²) in [5, 5.41) is 0. The zero-order chi connectivity index (χ0) is 14.7. The van der Waals surface area contributed by atoms with Gasteiger partial charge in [0.25, 0.3) is 0 Å². The summed E-state index contributed by atoms with van der Waals surface area (Å²) in [7, 11) is 0. The fraction of sp³-hybridized carbons (Fsp3) is 0.938. The van der Waals surface area contributed by atoms with E-state index < -0.39 is 0 Å². The van der Waals surface area contributed by atoms with Crippen molar-refractivity contribution in [3.05, 3.63) is 0 Å². The van der Waals surface area contributed by atoms with E-state index in [4.69, 9.17) is 10.5 Å². The van der Waals surface area contributed by atoms with E-state index in [1.807, 2.05) is 0 Å². The van der Waals surface area contributed by atoms with Gasteiger partial charge < -0.3 is 15.4 Å². The number of rotatable bonds is 3. The topological polar surface area (TPSA) is 58.8 Å². The lowest BCUT2D eigenvalue weighted by atomic mass is 9.94. The number of hydrogen-bond acceptors (Lipinski definition) is 4. The maximum absolute atomic E-state index is 12.5. The Morgan fingerprint density at radius 2 is 1.76 bits per heavy atom. The van der Waals surface area contributed by atoms with Gasteiger partial charge in [0.1, 0.15) is 0 Å². The van der Waals surface area contributed by atoms with Crippen molar-refractivity contribution in [1.82, 2.24) is 9.80 Å². The number of likely N-dealkylation sites (tertiary alicyclic amines) is 1. The molecule has 0 aromatic heterocycles.